The van der Waals surface area contributed by atoms with Crippen LogP contribution in [0.5, 0.6) is 0 Å². The minimum Gasteiger partial charge on any atom is -0.295 e. The van der Waals surface area contributed by atoms with Gasteiger partial charge in [-0.25, -0.2) is 4.68 Å². The molecule has 98 valence electrons. The normalized spacial score (nSPS) is 25.3. The number of amides is 1. The number of hydrogen-bond donors (Lipinski definition) is 0. The number of nitrogens with zero attached hydrogens (tertiary/aromatic N) is 3. The molecule has 1 aliphatic heterocycles. The molecule has 0 bridgehead atoms. The Morgan fingerprint density at radius 3 is 2.72 bits per heavy atom. The van der Waals surface area contributed by atoms with Crippen LogP contribution in [0.3, 0.4) is 0 Å². The molecule has 1 saturated heterocycles. The molecule has 0 aromatic carbocycles. The number of rotatable bonds is 2. The van der Waals surface area contributed by atoms with Gasteiger partial charge in [0, 0.05) is 19.0 Å². The second-order valence-corrected chi connectivity index (χ2v) is 5.95. The summed E-state index contributed by atoms with van der Waals surface area (Å²) in [4.78, 5) is 13.8. The number of aryl methyl sites for hydroxylation is 1. The zero-order valence-corrected chi connectivity index (χ0v) is 11.4. The standard InChI is InChI=1S/C13H18ClN3O/c1-9-6-12(16-8-10(14)7-13(16)18)17(15-9)11-4-2-3-5-11/h6,10-11H,2-5,7-8H2,1H3. The topological polar surface area (TPSA) is 38.1 Å². The number of hydrogen-bond acceptors (Lipinski definition) is 2. The second kappa shape index (κ2) is 4.57. The molecule has 0 spiro atoms. The smallest absolute Gasteiger partial charge is 0.229 e. The zero-order chi connectivity index (χ0) is 12.7. The van der Waals surface area contributed by atoms with Gasteiger partial charge in [0.1, 0.15) is 5.82 Å². The van der Waals surface area contributed by atoms with Crippen LogP contribution in [-0.4, -0.2) is 27.6 Å². The van der Waals surface area contributed by atoms with Gasteiger partial charge in [0.15, 0.2) is 0 Å². The third kappa shape index (κ3) is 2.03. The van der Waals surface area contributed by atoms with Crippen LogP contribution < -0.4 is 4.90 Å². The minimum atomic E-state index is -0.0651. The summed E-state index contributed by atoms with van der Waals surface area (Å²) in [6.07, 6.45) is 5.29. The Morgan fingerprint density at radius 1 is 1.39 bits per heavy atom. The summed E-state index contributed by atoms with van der Waals surface area (Å²) in [6.45, 7) is 2.59. The molecule has 1 aromatic rings. The first-order chi connectivity index (χ1) is 8.65. The van der Waals surface area contributed by atoms with Crippen molar-refractivity contribution in [2.45, 2.75) is 50.4 Å². The van der Waals surface area contributed by atoms with E-state index in [9.17, 15) is 4.79 Å². The fraction of sp³-hybridized carbons (Fsp3) is 0.692. The molecule has 4 nitrogen and oxygen atoms in total. The van der Waals surface area contributed by atoms with Gasteiger partial charge in [-0.05, 0) is 19.8 Å². The molecule has 0 radical (unpaired) electrons. The summed E-state index contributed by atoms with van der Waals surface area (Å²) in [5, 5.41) is 4.51. The third-order valence-corrected chi connectivity index (χ3v) is 4.16. The largest absolute Gasteiger partial charge is 0.295 e. The van der Waals surface area contributed by atoms with E-state index in [1.807, 2.05) is 13.0 Å². The Kier molecular flexibility index (Phi) is 3.06. The maximum absolute atomic E-state index is 12.0. The predicted molar refractivity (Wildman–Crippen MR) is 71.1 cm³/mol. The van der Waals surface area contributed by atoms with Crippen LogP contribution in [0.15, 0.2) is 6.07 Å². The van der Waals surface area contributed by atoms with Crippen molar-refractivity contribution < 1.29 is 4.79 Å². The van der Waals surface area contributed by atoms with Gasteiger partial charge in [-0.3, -0.25) is 9.69 Å². The Balaban J connectivity index is 1.93. The highest BCUT2D eigenvalue weighted by molar-refractivity contribution is 6.24. The monoisotopic (exact) mass is 267 g/mol. The molecule has 2 fully saturated rings. The molecule has 2 aliphatic rings. The van der Waals surface area contributed by atoms with Crippen molar-refractivity contribution >= 4 is 23.3 Å². The Bertz CT molecular complexity index is 465. The van der Waals surface area contributed by atoms with Crippen molar-refractivity contribution in [2.24, 2.45) is 0 Å². The van der Waals surface area contributed by atoms with Crippen LogP contribution in [0.25, 0.3) is 0 Å². The fourth-order valence-electron chi connectivity index (χ4n) is 3.01. The number of alkyl halides is 1. The van der Waals surface area contributed by atoms with Crippen LogP contribution in [0, 0.1) is 6.92 Å². The highest BCUT2D eigenvalue weighted by atomic mass is 35.5. The van der Waals surface area contributed by atoms with Crippen LogP contribution in [0.4, 0.5) is 5.82 Å². The van der Waals surface area contributed by atoms with Crippen LogP contribution in [0.2, 0.25) is 0 Å². The molecule has 0 N–H and O–H groups in total. The second-order valence-electron chi connectivity index (χ2n) is 5.33. The fourth-order valence-corrected chi connectivity index (χ4v) is 3.28. The maximum Gasteiger partial charge on any atom is 0.229 e. The van der Waals surface area contributed by atoms with Crippen molar-refractivity contribution in [1.82, 2.24) is 9.78 Å². The maximum atomic E-state index is 12.0. The highest BCUT2D eigenvalue weighted by Gasteiger charge is 2.33. The summed E-state index contributed by atoms with van der Waals surface area (Å²) in [6, 6.07) is 2.46. The summed E-state index contributed by atoms with van der Waals surface area (Å²) < 4.78 is 2.05. The molecule has 1 unspecified atom stereocenters. The summed E-state index contributed by atoms with van der Waals surface area (Å²) in [5.74, 6) is 1.06. The first kappa shape index (κ1) is 12.0. The molecule has 1 aromatic heterocycles. The molecule has 5 heteroatoms. The number of carbonyl (C=O) groups is 1. The molecular weight excluding hydrogens is 250 g/mol. The molecule has 3 rings (SSSR count). The van der Waals surface area contributed by atoms with E-state index in [1.54, 1.807) is 4.90 Å². The van der Waals surface area contributed by atoms with Crippen molar-refractivity contribution in [3.8, 4) is 0 Å². The van der Waals surface area contributed by atoms with E-state index in [0.717, 1.165) is 11.5 Å². The van der Waals surface area contributed by atoms with Crippen LogP contribution in [-0.2, 0) is 4.79 Å². The minimum absolute atomic E-state index is 0.0651. The number of anilines is 1. The average Bonchev–Trinajstić information content (AvgIpc) is 2.98. The molecule has 2 heterocycles. The zero-order valence-electron chi connectivity index (χ0n) is 10.6. The van der Waals surface area contributed by atoms with E-state index in [0.29, 0.717) is 19.0 Å². The SMILES string of the molecule is Cc1cc(N2CC(Cl)CC2=O)n(C2CCCC2)n1. The first-order valence-corrected chi connectivity index (χ1v) is 7.09. The third-order valence-electron chi connectivity index (χ3n) is 3.86. The number of carbonyl (C=O) groups excluding carboxylic acids is 1. The van der Waals surface area contributed by atoms with Gasteiger partial charge in [-0.15, -0.1) is 11.6 Å². The Hall–Kier alpha value is -1.03. The predicted octanol–water partition coefficient (Wildman–Crippen LogP) is 2.65. The van der Waals surface area contributed by atoms with Gasteiger partial charge in [0.2, 0.25) is 5.91 Å². The van der Waals surface area contributed by atoms with Crippen molar-refractivity contribution in [3.63, 3.8) is 0 Å². The quantitative estimate of drug-likeness (QED) is 0.773. The van der Waals surface area contributed by atoms with E-state index in [4.69, 9.17) is 11.6 Å². The van der Waals surface area contributed by atoms with E-state index in [1.165, 1.54) is 25.7 Å². The molecule has 1 atom stereocenters. The molecular formula is C13H18ClN3O. The van der Waals surface area contributed by atoms with E-state index < -0.39 is 0 Å². The average molecular weight is 268 g/mol. The first-order valence-electron chi connectivity index (χ1n) is 6.66. The van der Waals surface area contributed by atoms with E-state index >= 15 is 0 Å². The number of aromatic nitrogens is 2. The summed E-state index contributed by atoms with van der Waals surface area (Å²) in [7, 11) is 0. The van der Waals surface area contributed by atoms with Crippen LogP contribution in [0.1, 0.15) is 43.8 Å². The number of halogens is 1. The molecule has 18 heavy (non-hydrogen) atoms. The van der Waals surface area contributed by atoms with Gasteiger partial charge in [0.25, 0.3) is 0 Å². The Labute approximate surface area is 112 Å². The van der Waals surface area contributed by atoms with Crippen molar-refractivity contribution in [1.29, 1.82) is 0 Å². The lowest BCUT2D eigenvalue weighted by molar-refractivity contribution is -0.117. The highest BCUT2D eigenvalue weighted by Crippen LogP contribution is 2.34. The van der Waals surface area contributed by atoms with E-state index in [2.05, 4.69) is 9.78 Å². The van der Waals surface area contributed by atoms with Gasteiger partial charge in [-0.2, -0.15) is 5.10 Å². The summed E-state index contributed by atoms with van der Waals surface area (Å²) in [5.41, 5.74) is 0.975. The van der Waals surface area contributed by atoms with Crippen molar-refractivity contribution in [2.75, 3.05) is 11.4 Å². The van der Waals surface area contributed by atoms with Gasteiger partial charge in [-0.1, -0.05) is 12.8 Å². The van der Waals surface area contributed by atoms with E-state index in [-0.39, 0.29) is 11.3 Å². The van der Waals surface area contributed by atoms with Gasteiger partial charge >= 0.3 is 0 Å². The van der Waals surface area contributed by atoms with Crippen LogP contribution >= 0.6 is 11.6 Å². The van der Waals surface area contributed by atoms with Crippen molar-refractivity contribution in [3.05, 3.63) is 11.8 Å². The Morgan fingerprint density at radius 2 is 2.11 bits per heavy atom. The van der Waals surface area contributed by atoms with Gasteiger partial charge in [0.05, 0.1) is 17.1 Å². The lowest BCUT2D eigenvalue weighted by Gasteiger charge is -2.20. The lowest BCUT2D eigenvalue weighted by atomic mass is 10.2. The molecule has 1 saturated carbocycles. The summed E-state index contributed by atoms with van der Waals surface area (Å²) >= 11 is 6.08. The lowest BCUT2D eigenvalue weighted by Crippen LogP contribution is -2.28. The molecule has 1 aliphatic carbocycles. The molecule has 1 amide bonds. The van der Waals surface area contributed by atoms with Gasteiger partial charge < -0.3 is 0 Å².